The molecule has 10 heteroatoms. The molecule has 1 aliphatic heterocycles. The van der Waals surface area contributed by atoms with Gasteiger partial charge in [0.25, 0.3) is 6.43 Å². The van der Waals surface area contributed by atoms with Gasteiger partial charge in [0.2, 0.25) is 0 Å². The molecule has 3 aromatic heterocycles. The minimum atomic E-state index is -2.61. The van der Waals surface area contributed by atoms with Gasteiger partial charge in [-0.3, -0.25) is 9.36 Å². The Kier molecular flexibility index (Phi) is 5.51. The van der Waals surface area contributed by atoms with Crippen LogP contribution in [0.4, 0.5) is 14.6 Å². The van der Waals surface area contributed by atoms with Crippen molar-refractivity contribution in [3.63, 3.8) is 0 Å². The number of pyridine rings is 1. The molecule has 1 atom stereocenters. The molecular formula is C24H23ClF2N6O. The predicted molar refractivity (Wildman–Crippen MR) is 126 cm³/mol. The quantitative estimate of drug-likeness (QED) is 0.423. The van der Waals surface area contributed by atoms with E-state index in [-0.39, 0.29) is 17.1 Å². The van der Waals surface area contributed by atoms with Gasteiger partial charge in [0, 0.05) is 53.7 Å². The molecule has 4 heterocycles. The SMILES string of the molecule is Cc1ccc2c(c1)C(C)Oc1cc(cnc1N)-c1c(c(Cl)nn1CC(F)F)Cc1cn(C)nc1-2. The van der Waals surface area contributed by atoms with Gasteiger partial charge in [0.15, 0.2) is 16.7 Å². The normalized spacial score (nSPS) is 15.1. The van der Waals surface area contributed by atoms with Gasteiger partial charge in [-0.1, -0.05) is 35.4 Å². The van der Waals surface area contributed by atoms with Crippen molar-refractivity contribution in [3.8, 4) is 28.3 Å². The Labute approximate surface area is 200 Å². The van der Waals surface area contributed by atoms with Gasteiger partial charge in [0.05, 0.1) is 11.4 Å². The van der Waals surface area contributed by atoms with E-state index in [1.54, 1.807) is 10.7 Å². The standard InChI is InChI=1S/C24H23ClF2N6O/c1-12-4-5-16-17(6-12)13(2)34-19-8-14(9-29-24(19)28)22-18(7-15-10-32(3)30-21(15)16)23(25)31-33(22)11-20(26)27/h4-6,8-10,13,20H,7,11H2,1-3H3,(H2,28,29). The maximum Gasteiger partial charge on any atom is 0.257 e. The largest absolute Gasteiger partial charge is 0.482 e. The number of aromatic nitrogens is 5. The Morgan fingerprint density at radius 2 is 2.06 bits per heavy atom. The van der Waals surface area contributed by atoms with Crippen molar-refractivity contribution >= 4 is 17.4 Å². The lowest BCUT2D eigenvalue weighted by atomic mass is 9.93. The highest BCUT2D eigenvalue weighted by molar-refractivity contribution is 6.30. The molecule has 0 fully saturated rings. The van der Waals surface area contributed by atoms with Crippen LogP contribution in [0.2, 0.25) is 5.15 Å². The fourth-order valence-corrected chi connectivity index (χ4v) is 4.71. The number of fused-ring (bicyclic) bond motifs is 7. The monoisotopic (exact) mass is 484 g/mol. The first-order valence-electron chi connectivity index (χ1n) is 10.8. The van der Waals surface area contributed by atoms with Crippen LogP contribution < -0.4 is 10.5 Å². The molecule has 1 aliphatic rings. The van der Waals surface area contributed by atoms with Gasteiger partial charge in [-0.15, -0.1) is 0 Å². The third-order valence-electron chi connectivity index (χ3n) is 5.94. The van der Waals surface area contributed by atoms with Crippen molar-refractivity contribution in [2.45, 2.75) is 39.3 Å². The minimum Gasteiger partial charge on any atom is -0.482 e. The summed E-state index contributed by atoms with van der Waals surface area (Å²) in [4.78, 5) is 4.28. The number of anilines is 1. The summed E-state index contributed by atoms with van der Waals surface area (Å²) in [6.07, 6.45) is 0.802. The number of nitrogens with two attached hydrogens (primary N) is 1. The van der Waals surface area contributed by atoms with E-state index < -0.39 is 13.0 Å². The first-order chi connectivity index (χ1) is 16.2. The predicted octanol–water partition coefficient (Wildman–Crippen LogP) is 5.20. The van der Waals surface area contributed by atoms with Crippen LogP contribution in [-0.2, 0) is 20.0 Å². The van der Waals surface area contributed by atoms with Crippen LogP contribution in [0.25, 0.3) is 22.5 Å². The number of hydrogen-bond acceptors (Lipinski definition) is 5. The van der Waals surface area contributed by atoms with Gasteiger partial charge >= 0.3 is 0 Å². The summed E-state index contributed by atoms with van der Waals surface area (Å²) in [5.41, 5.74) is 12.3. The number of rotatable bonds is 2. The summed E-state index contributed by atoms with van der Waals surface area (Å²) in [5, 5.41) is 9.10. The third kappa shape index (κ3) is 3.90. The zero-order chi connectivity index (χ0) is 24.1. The highest BCUT2D eigenvalue weighted by Crippen LogP contribution is 2.40. The number of nitrogens with zero attached hydrogens (tertiary/aromatic N) is 5. The van der Waals surface area contributed by atoms with Crippen LogP contribution in [0.5, 0.6) is 5.75 Å². The number of hydrogen-bond donors (Lipinski definition) is 1. The van der Waals surface area contributed by atoms with Gasteiger partial charge in [-0.05, 0) is 19.9 Å². The molecule has 0 spiro atoms. The summed E-state index contributed by atoms with van der Waals surface area (Å²) in [5.74, 6) is 0.555. The second-order valence-corrected chi connectivity index (χ2v) is 8.86. The molecule has 4 aromatic rings. The lowest BCUT2D eigenvalue weighted by Gasteiger charge is -2.21. The zero-order valence-electron chi connectivity index (χ0n) is 18.9. The van der Waals surface area contributed by atoms with Gasteiger partial charge in [0.1, 0.15) is 12.6 Å². The van der Waals surface area contributed by atoms with E-state index in [4.69, 9.17) is 27.2 Å². The lowest BCUT2D eigenvalue weighted by Crippen LogP contribution is -2.12. The van der Waals surface area contributed by atoms with Crippen LogP contribution in [0.3, 0.4) is 0 Å². The molecule has 7 nitrogen and oxygen atoms in total. The van der Waals surface area contributed by atoms with Crippen molar-refractivity contribution < 1.29 is 13.5 Å². The number of benzene rings is 1. The van der Waals surface area contributed by atoms with Crippen LogP contribution >= 0.6 is 11.6 Å². The molecule has 0 radical (unpaired) electrons. The summed E-state index contributed by atoms with van der Waals surface area (Å²) in [6.45, 7) is 3.35. The average Bonchev–Trinajstić information content (AvgIpc) is 3.27. The molecule has 2 bridgehead atoms. The number of halogens is 3. The second kappa shape index (κ2) is 8.39. The molecule has 0 amide bonds. The summed E-state index contributed by atoms with van der Waals surface area (Å²) < 4.78 is 36.0. The van der Waals surface area contributed by atoms with E-state index in [2.05, 4.69) is 16.1 Å². The number of alkyl halides is 2. The topological polar surface area (TPSA) is 83.8 Å². The molecule has 1 aromatic carbocycles. The molecule has 0 aliphatic carbocycles. The van der Waals surface area contributed by atoms with Crippen LogP contribution in [0.1, 0.15) is 35.3 Å². The summed E-state index contributed by atoms with van der Waals surface area (Å²) in [7, 11) is 1.84. The molecule has 1 unspecified atom stereocenters. The number of ether oxygens (including phenoxy) is 1. The van der Waals surface area contributed by atoms with E-state index in [0.29, 0.717) is 29.0 Å². The Morgan fingerprint density at radius 3 is 2.82 bits per heavy atom. The Hall–Kier alpha value is -3.46. The molecule has 0 saturated heterocycles. The van der Waals surface area contributed by atoms with Crippen LogP contribution in [0.15, 0.2) is 36.7 Å². The fourth-order valence-electron chi connectivity index (χ4n) is 4.46. The molecular weight excluding hydrogens is 462 g/mol. The summed E-state index contributed by atoms with van der Waals surface area (Å²) in [6, 6.07) is 7.81. The summed E-state index contributed by atoms with van der Waals surface area (Å²) >= 11 is 6.52. The average molecular weight is 485 g/mol. The highest BCUT2D eigenvalue weighted by Gasteiger charge is 2.26. The number of nitrogen functional groups attached to an aromatic ring is 1. The molecule has 2 N–H and O–H groups in total. The molecule has 5 rings (SSSR count). The highest BCUT2D eigenvalue weighted by atomic mass is 35.5. The van der Waals surface area contributed by atoms with Crippen molar-refractivity contribution in [1.29, 1.82) is 0 Å². The second-order valence-electron chi connectivity index (χ2n) is 8.50. The van der Waals surface area contributed by atoms with Crippen LogP contribution in [0, 0.1) is 6.92 Å². The molecule has 176 valence electrons. The van der Waals surface area contributed by atoms with E-state index in [1.807, 2.05) is 39.2 Å². The van der Waals surface area contributed by atoms with Crippen molar-refractivity contribution in [1.82, 2.24) is 24.5 Å². The number of aryl methyl sites for hydroxylation is 2. The van der Waals surface area contributed by atoms with Gasteiger partial charge in [-0.25, -0.2) is 13.8 Å². The van der Waals surface area contributed by atoms with Crippen molar-refractivity contribution in [2.75, 3.05) is 5.73 Å². The van der Waals surface area contributed by atoms with E-state index >= 15 is 0 Å². The fraction of sp³-hybridized carbons (Fsp3) is 0.292. The van der Waals surface area contributed by atoms with E-state index in [9.17, 15) is 8.78 Å². The van der Waals surface area contributed by atoms with Gasteiger partial charge in [-0.2, -0.15) is 10.2 Å². The van der Waals surface area contributed by atoms with E-state index in [0.717, 1.165) is 27.9 Å². The van der Waals surface area contributed by atoms with E-state index in [1.165, 1.54) is 10.9 Å². The smallest absolute Gasteiger partial charge is 0.257 e. The Morgan fingerprint density at radius 1 is 1.26 bits per heavy atom. The zero-order valence-corrected chi connectivity index (χ0v) is 19.6. The lowest BCUT2D eigenvalue weighted by molar-refractivity contribution is 0.122. The maximum absolute atomic E-state index is 13.4. The van der Waals surface area contributed by atoms with Crippen molar-refractivity contribution in [2.24, 2.45) is 7.05 Å². The first kappa shape index (κ1) is 22.3. The van der Waals surface area contributed by atoms with Gasteiger partial charge < -0.3 is 10.5 Å². The van der Waals surface area contributed by atoms with Crippen LogP contribution in [-0.4, -0.2) is 31.0 Å². The Bertz CT molecular complexity index is 1400. The first-order valence-corrected chi connectivity index (χ1v) is 11.2. The van der Waals surface area contributed by atoms with Crippen molar-refractivity contribution in [3.05, 3.63) is 64.1 Å². The minimum absolute atomic E-state index is 0.152. The molecule has 0 saturated carbocycles. The Balaban J connectivity index is 1.81. The third-order valence-corrected chi connectivity index (χ3v) is 6.25. The maximum atomic E-state index is 13.4. The molecule has 34 heavy (non-hydrogen) atoms.